The highest BCUT2D eigenvalue weighted by Crippen LogP contribution is 2.19. The Morgan fingerprint density at radius 3 is 0.625 bits per heavy atom. The van der Waals surface area contributed by atoms with E-state index in [1.807, 2.05) is 0 Å². The van der Waals surface area contributed by atoms with Gasteiger partial charge in [0.2, 0.25) is 0 Å². The highest BCUT2D eigenvalue weighted by Gasteiger charge is 2.19. The summed E-state index contributed by atoms with van der Waals surface area (Å²) in [7, 11) is 0. The Hall–Kier alpha value is -2.11. The molecular formula is C74H140O6. The molecule has 0 aliphatic carbocycles. The lowest BCUT2D eigenvalue weighted by atomic mass is 10.0. The van der Waals surface area contributed by atoms with Gasteiger partial charge in [-0.1, -0.05) is 347 Å². The van der Waals surface area contributed by atoms with Gasteiger partial charge >= 0.3 is 17.9 Å². The molecule has 6 heteroatoms. The Morgan fingerprint density at radius 2 is 0.412 bits per heavy atom. The maximum atomic E-state index is 12.9. The molecule has 0 aromatic carbocycles. The molecule has 1 unspecified atom stereocenters. The molecule has 0 radical (unpaired) electrons. The standard InChI is InChI=1S/C74H140O6/c1-4-7-10-13-16-19-22-24-26-28-30-31-32-33-34-35-36-37-38-39-40-41-42-43-44-46-47-49-52-55-58-61-64-67-73(76)79-70-71(69-78-72(75)66-63-60-57-54-51-21-18-15-12-9-6-3)80-74(77)68-65-62-59-56-53-50-48-45-29-27-25-23-20-17-14-11-8-5-2/h27-30,71H,4-26,31-70H2,1-3H3/b29-27-,30-28-. The molecular weight excluding hydrogens is 985 g/mol. The molecule has 0 aromatic rings. The van der Waals surface area contributed by atoms with Crippen LogP contribution in [0.15, 0.2) is 24.3 Å². The van der Waals surface area contributed by atoms with Crippen molar-refractivity contribution >= 4 is 17.9 Å². The summed E-state index contributed by atoms with van der Waals surface area (Å²) >= 11 is 0. The Balaban J connectivity index is 4.06. The molecule has 0 amide bonds. The second kappa shape index (κ2) is 69.4. The zero-order valence-corrected chi connectivity index (χ0v) is 54.4. The first kappa shape index (κ1) is 77.9. The molecule has 0 aliphatic heterocycles. The van der Waals surface area contributed by atoms with Crippen molar-refractivity contribution in [3.8, 4) is 0 Å². The lowest BCUT2D eigenvalue weighted by molar-refractivity contribution is -0.167. The van der Waals surface area contributed by atoms with E-state index in [0.29, 0.717) is 19.3 Å². The van der Waals surface area contributed by atoms with E-state index in [4.69, 9.17) is 14.2 Å². The normalized spacial score (nSPS) is 12.1. The molecule has 0 saturated carbocycles. The molecule has 0 heterocycles. The Morgan fingerprint density at radius 1 is 0.237 bits per heavy atom. The fourth-order valence-corrected chi connectivity index (χ4v) is 11.2. The van der Waals surface area contributed by atoms with Crippen LogP contribution in [0, 0.1) is 0 Å². The molecule has 472 valence electrons. The lowest BCUT2D eigenvalue weighted by Crippen LogP contribution is -2.30. The van der Waals surface area contributed by atoms with Crippen LogP contribution in [0.4, 0.5) is 0 Å². The topological polar surface area (TPSA) is 78.9 Å². The predicted molar refractivity (Wildman–Crippen MR) is 349 cm³/mol. The van der Waals surface area contributed by atoms with Gasteiger partial charge in [-0.2, -0.15) is 0 Å². The number of esters is 3. The molecule has 1 atom stereocenters. The second-order valence-electron chi connectivity index (χ2n) is 24.9. The minimum Gasteiger partial charge on any atom is -0.462 e. The molecule has 0 aliphatic rings. The van der Waals surface area contributed by atoms with Crippen LogP contribution in [-0.2, 0) is 28.6 Å². The molecule has 0 rings (SSSR count). The van der Waals surface area contributed by atoms with Gasteiger partial charge in [-0.15, -0.1) is 0 Å². The third-order valence-electron chi connectivity index (χ3n) is 16.7. The highest BCUT2D eigenvalue weighted by molar-refractivity contribution is 5.71. The minimum atomic E-state index is -0.769. The molecule has 6 nitrogen and oxygen atoms in total. The Bertz CT molecular complexity index is 1290. The summed E-state index contributed by atoms with van der Waals surface area (Å²) < 4.78 is 17.0. The molecule has 0 bridgehead atoms. The second-order valence-corrected chi connectivity index (χ2v) is 24.9. The third-order valence-corrected chi connectivity index (χ3v) is 16.7. The first-order valence-electron chi connectivity index (χ1n) is 36.3. The fourth-order valence-electron chi connectivity index (χ4n) is 11.2. The largest absolute Gasteiger partial charge is 0.462 e. The van der Waals surface area contributed by atoms with Gasteiger partial charge in [-0.05, 0) is 70.6 Å². The molecule has 0 N–H and O–H groups in total. The van der Waals surface area contributed by atoms with Crippen LogP contribution in [-0.4, -0.2) is 37.2 Å². The quantitative estimate of drug-likeness (QED) is 0.0261. The molecule has 80 heavy (non-hydrogen) atoms. The van der Waals surface area contributed by atoms with Crippen molar-refractivity contribution < 1.29 is 28.6 Å². The summed E-state index contributed by atoms with van der Waals surface area (Å²) in [6, 6.07) is 0. The summed E-state index contributed by atoms with van der Waals surface area (Å²) in [4.78, 5) is 38.3. The van der Waals surface area contributed by atoms with Crippen LogP contribution in [0.5, 0.6) is 0 Å². The zero-order valence-electron chi connectivity index (χ0n) is 54.4. The molecule has 0 aromatic heterocycles. The number of rotatable bonds is 68. The van der Waals surface area contributed by atoms with Crippen molar-refractivity contribution in [2.75, 3.05) is 13.2 Å². The molecule has 0 saturated heterocycles. The summed E-state index contributed by atoms with van der Waals surface area (Å²) in [5.41, 5.74) is 0. The van der Waals surface area contributed by atoms with E-state index in [1.165, 1.54) is 315 Å². The number of carbonyl (C=O) groups is 3. The van der Waals surface area contributed by atoms with E-state index >= 15 is 0 Å². The average Bonchev–Trinajstić information content (AvgIpc) is 3.46. The van der Waals surface area contributed by atoms with E-state index in [9.17, 15) is 14.4 Å². The monoisotopic (exact) mass is 1130 g/mol. The molecule has 0 fully saturated rings. The number of allylic oxidation sites excluding steroid dienone is 4. The summed E-state index contributed by atoms with van der Waals surface area (Å²) in [6.07, 6.45) is 85.2. The Kier molecular flexibility index (Phi) is 67.6. The van der Waals surface area contributed by atoms with Crippen molar-refractivity contribution in [1.82, 2.24) is 0 Å². The smallest absolute Gasteiger partial charge is 0.306 e. The van der Waals surface area contributed by atoms with Gasteiger partial charge in [0.05, 0.1) is 0 Å². The first-order valence-corrected chi connectivity index (χ1v) is 36.3. The number of hydrogen-bond acceptors (Lipinski definition) is 6. The van der Waals surface area contributed by atoms with Crippen molar-refractivity contribution in [3.63, 3.8) is 0 Å². The van der Waals surface area contributed by atoms with Gasteiger partial charge in [-0.25, -0.2) is 0 Å². The number of carbonyl (C=O) groups excluding carboxylic acids is 3. The minimum absolute atomic E-state index is 0.0665. The maximum Gasteiger partial charge on any atom is 0.306 e. The van der Waals surface area contributed by atoms with Gasteiger partial charge in [0.1, 0.15) is 13.2 Å². The summed E-state index contributed by atoms with van der Waals surface area (Å²) in [5.74, 6) is -0.841. The van der Waals surface area contributed by atoms with Gasteiger partial charge in [0.25, 0.3) is 0 Å². The predicted octanol–water partition coefficient (Wildman–Crippen LogP) is 25.0. The lowest BCUT2D eigenvalue weighted by Gasteiger charge is -2.18. The molecule has 0 spiro atoms. The van der Waals surface area contributed by atoms with Crippen LogP contribution in [0.3, 0.4) is 0 Å². The van der Waals surface area contributed by atoms with Crippen molar-refractivity contribution in [2.45, 2.75) is 419 Å². The van der Waals surface area contributed by atoms with Crippen LogP contribution in [0.2, 0.25) is 0 Å². The maximum absolute atomic E-state index is 12.9. The van der Waals surface area contributed by atoms with Gasteiger partial charge in [0, 0.05) is 19.3 Å². The average molecular weight is 1130 g/mol. The van der Waals surface area contributed by atoms with Crippen LogP contribution in [0.25, 0.3) is 0 Å². The number of ether oxygens (including phenoxy) is 3. The SMILES string of the molecule is CCCCCCCCC/C=C\CCCCCCCCCC(=O)OC(COC(=O)CCCCCCCCCCCCC)COC(=O)CCCCCCCCCCCCCCCCCCCCCCC/C=C\CCCCCCCCCC. The summed E-state index contributed by atoms with van der Waals surface area (Å²) in [5, 5.41) is 0. The van der Waals surface area contributed by atoms with Crippen molar-refractivity contribution in [3.05, 3.63) is 24.3 Å². The van der Waals surface area contributed by atoms with Crippen molar-refractivity contribution in [1.29, 1.82) is 0 Å². The third kappa shape index (κ3) is 66.7. The van der Waals surface area contributed by atoms with E-state index in [1.54, 1.807) is 0 Å². The van der Waals surface area contributed by atoms with Crippen molar-refractivity contribution in [2.24, 2.45) is 0 Å². The van der Waals surface area contributed by atoms with Crippen LogP contribution < -0.4 is 0 Å². The van der Waals surface area contributed by atoms with E-state index in [2.05, 4.69) is 45.1 Å². The highest BCUT2D eigenvalue weighted by atomic mass is 16.6. The van der Waals surface area contributed by atoms with Crippen LogP contribution in [0.1, 0.15) is 412 Å². The summed E-state index contributed by atoms with van der Waals surface area (Å²) in [6.45, 7) is 6.70. The van der Waals surface area contributed by atoms with E-state index in [0.717, 1.165) is 57.8 Å². The van der Waals surface area contributed by atoms with E-state index < -0.39 is 6.10 Å². The Labute approximate surface area is 500 Å². The number of unbranched alkanes of at least 4 members (excludes halogenated alkanes) is 53. The zero-order chi connectivity index (χ0) is 57.8. The first-order chi connectivity index (χ1) is 39.5. The fraction of sp³-hybridized carbons (Fsp3) is 0.905. The van der Waals surface area contributed by atoms with Gasteiger partial charge < -0.3 is 14.2 Å². The van der Waals surface area contributed by atoms with Gasteiger partial charge in [-0.3, -0.25) is 14.4 Å². The number of hydrogen-bond donors (Lipinski definition) is 0. The van der Waals surface area contributed by atoms with E-state index in [-0.39, 0.29) is 31.1 Å². The van der Waals surface area contributed by atoms with Gasteiger partial charge in [0.15, 0.2) is 6.10 Å². The van der Waals surface area contributed by atoms with Crippen LogP contribution >= 0.6 is 0 Å².